The quantitative estimate of drug-likeness (QED) is 0.661. The van der Waals surface area contributed by atoms with E-state index in [9.17, 15) is 9.59 Å². The van der Waals surface area contributed by atoms with Crippen LogP contribution in [0.4, 0.5) is 0 Å². The Hall–Kier alpha value is -2.24. The molecular weight excluding hydrogens is 296 g/mol. The minimum atomic E-state index is -0.558. The molecule has 0 radical (unpaired) electrons. The maximum absolute atomic E-state index is 12.1. The average Bonchev–Trinajstić information content (AvgIpc) is 2.59. The van der Waals surface area contributed by atoms with Crippen LogP contribution in [0.5, 0.6) is 11.5 Å². The Labute approximate surface area is 136 Å². The summed E-state index contributed by atoms with van der Waals surface area (Å²) in [7, 11) is 1.60. The van der Waals surface area contributed by atoms with Crippen molar-refractivity contribution in [1.82, 2.24) is 10.2 Å². The smallest absolute Gasteiger partial charge is 0.312 e. The predicted octanol–water partition coefficient (Wildman–Crippen LogP) is 1.59. The minimum absolute atomic E-state index is 0.137. The highest BCUT2D eigenvalue weighted by Gasteiger charge is 2.27. The van der Waals surface area contributed by atoms with Crippen LogP contribution < -0.4 is 14.8 Å². The van der Waals surface area contributed by atoms with E-state index in [2.05, 4.69) is 5.32 Å². The fraction of sp³-hybridized carbons (Fsp3) is 0.529. The fourth-order valence-electron chi connectivity index (χ4n) is 2.61. The summed E-state index contributed by atoms with van der Waals surface area (Å²) in [4.78, 5) is 25.7. The number of methoxy groups -OCH3 is 1. The predicted molar refractivity (Wildman–Crippen MR) is 86.5 cm³/mol. The molecule has 1 fully saturated rings. The van der Waals surface area contributed by atoms with Gasteiger partial charge in [-0.2, -0.15) is 0 Å². The standard InChI is InChI=1S/C17H24N2O4/c1-13-5-3-4-11-19(13)17(21)16(20)18-10-12-23-15-8-6-14(22-2)7-9-15/h6-9,13H,3-5,10-12H2,1-2H3,(H,18,20). The molecule has 6 heteroatoms. The first-order chi connectivity index (χ1) is 11.1. The van der Waals surface area contributed by atoms with Crippen molar-refractivity contribution in [1.29, 1.82) is 0 Å². The van der Waals surface area contributed by atoms with Crippen molar-refractivity contribution in [2.45, 2.75) is 32.2 Å². The zero-order chi connectivity index (χ0) is 16.7. The number of carbonyl (C=O) groups excluding carboxylic acids is 2. The Kier molecular flexibility index (Phi) is 6.26. The van der Waals surface area contributed by atoms with Gasteiger partial charge in [0.25, 0.3) is 0 Å². The lowest BCUT2D eigenvalue weighted by Gasteiger charge is -2.32. The van der Waals surface area contributed by atoms with Gasteiger partial charge in [-0.3, -0.25) is 9.59 Å². The van der Waals surface area contributed by atoms with E-state index in [1.165, 1.54) is 0 Å². The van der Waals surface area contributed by atoms with E-state index >= 15 is 0 Å². The Morgan fingerprint density at radius 3 is 2.57 bits per heavy atom. The van der Waals surface area contributed by atoms with Crippen molar-refractivity contribution < 1.29 is 19.1 Å². The Morgan fingerprint density at radius 1 is 1.22 bits per heavy atom. The molecule has 126 valence electrons. The summed E-state index contributed by atoms with van der Waals surface area (Å²) in [5, 5.41) is 2.61. The second kappa shape index (κ2) is 8.41. The highest BCUT2D eigenvalue weighted by atomic mass is 16.5. The summed E-state index contributed by atoms with van der Waals surface area (Å²) in [5.41, 5.74) is 0. The van der Waals surface area contributed by atoms with Gasteiger partial charge in [0, 0.05) is 12.6 Å². The van der Waals surface area contributed by atoms with Crippen molar-refractivity contribution in [3.8, 4) is 11.5 Å². The SMILES string of the molecule is COc1ccc(OCCNC(=O)C(=O)N2CCCCC2C)cc1. The first-order valence-corrected chi connectivity index (χ1v) is 7.97. The highest BCUT2D eigenvalue weighted by Crippen LogP contribution is 2.17. The molecule has 0 aromatic heterocycles. The molecule has 1 N–H and O–H groups in total. The number of hydrogen-bond donors (Lipinski definition) is 1. The van der Waals surface area contributed by atoms with Crippen molar-refractivity contribution >= 4 is 11.8 Å². The molecule has 1 saturated heterocycles. The number of benzene rings is 1. The summed E-state index contributed by atoms with van der Waals surface area (Å²) in [6.07, 6.45) is 3.03. The number of ether oxygens (including phenoxy) is 2. The van der Waals surface area contributed by atoms with Gasteiger partial charge in [-0.1, -0.05) is 0 Å². The van der Waals surface area contributed by atoms with Gasteiger partial charge in [0.2, 0.25) is 0 Å². The van der Waals surface area contributed by atoms with Crippen molar-refractivity contribution in [3.63, 3.8) is 0 Å². The van der Waals surface area contributed by atoms with Crippen LogP contribution in [0, 0.1) is 0 Å². The zero-order valence-electron chi connectivity index (χ0n) is 13.7. The van der Waals surface area contributed by atoms with E-state index in [1.54, 1.807) is 36.3 Å². The highest BCUT2D eigenvalue weighted by molar-refractivity contribution is 6.35. The molecule has 23 heavy (non-hydrogen) atoms. The molecular formula is C17H24N2O4. The second-order valence-corrected chi connectivity index (χ2v) is 5.62. The third-order valence-corrected chi connectivity index (χ3v) is 3.97. The third-order valence-electron chi connectivity index (χ3n) is 3.97. The third kappa shape index (κ3) is 4.87. The molecule has 0 saturated carbocycles. The van der Waals surface area contributed by atoms with Crippen molar-refractivity contribution in [2.75, 3.05) is 26.8 Å². The fourth-order valence-corrected chi connectivity index (χ4v) is 2.61. The lowest BCUT2D eigenvalue weighted by molar-refractivity contribution is -0.148. The second-order valence-electron chi connectivity index (χ2n) is 5.62. The van der Waals surface area contributed by atoms with E-state index in [0.717, 1.165) is 25.0 Å². The van der Waals surface area contributed by atoms with Gasteiger partial charge in [0.05, 0.1) is 13.7 Å². The van der Waals surface area contributed by atoms with Gasteiger partial charge in [-0.05, 0) is 50.5 Å². The molecule has 1 aliphatic heterocycles. The molecule has 0 spiro atoms. The maximum Gasteiger partial charge on any atom is 0.312 e. The lowest BCUT2D eigenvalue weighted by Crippen LogP contribution is -2.49. The van der Waals surface area contributed by atoms with Gasteiger partial charge in [-0.15, -0.1) is 0 Å². The zero-order valence-corrected chi connectivity index (χ0v) is 13.7. The molecule has 1 aromatic carbocycles. The van der Waals surface area contributed by atoms with Gasteiger partial charge in [0.1, 0.15) is 18.1 Å². The van der Waals surface area contributed by atoms with Crippen LogP contribution in [-0.4, -0.2) is 49.6 Å². The number of likely N-dealkylation sites (tertiary alicyclic amines) is 1. The molecule has 1 atom stereocenters. The summed E-state index contributed by atoms with van der Waals surface area (Å²) in [6.45, 7) is 3.24. The normalized spacial score (nSPS) is 17.5. The molecule has 0 aliphatic carbocycles. The van der Waals surface area contributed by atoms with E-state index in [4.69, 9.17) is 9.47 Å². The topological polar surface area (TPSA) is 67.9 Å². The van der Waals surface area contributed by atoms with Crippen LogP contribution in [-0.2, 0) is 9.59 Å². The number of nitrogens with zero attached hydrogens (tertiary/aromatic N) is 1. The Balaban J connectivity index is 1.70. The lowest BCUT2D eigenvalue weighted by atomic mass is 10.0. The number of amides is 2. The van der Waals surface area contributed by atoms with Gasteiger partial charge < -0.3 is 19.7 Å². The number of rotatable bonds is 5. The molecule has 1 aromatic rings. The molecule has 2 amide bonds. The van der Waals surface area contributed by atoms with Crippen molar-refractivity contribution in [2.24, 2.45) is 0 Å². The molecule has 1 unspecified atom stereocenters. The Bertz CT molecular complexity index is 530. The maximum atomic E-state index is 12.1. The minimum Gasteiger partial charge on any atom is -0.497 e. The van der Waals surface area contributed by atoms with Crippen LogP contribution in [0.25, 0.3) is 0 Å². The first kappa shape index (κ1) is 17.1. The largest absolute Gasteiger partial charge is 0.497 e. The van der Waals surface area contributed by atoms with Gasteiger partial charge in [-0.25, -0.2) is 0 Å². The van der Waals surface area contributed by atoms with Crippen LogP contribution >= 0.6 is 0 Å². The molecule has 2 rings (SSSR count). The van der Waals surface area contributed by atoms with Crippen LogP contribution in [0.1, 0.15) is 26.2 Å². The van der Waals surface area contributed by atoms with Crippen LogP contribution in [0.15, 0.2) is 24.3 Å². The molecule has 1 heterocycles. The number of nitrogens with one attached hydrogen (secondary N) is 1. The van der Waals surface area contributed by atoms with E-state index < -0.39 is 11.8 Å². The summed E-state index contributed by atoms with van der Waals surface area (Å²) in [5.74, 6) is 0.446. The van der Waals surface area contributed by atoms with Gasteiger partial charge in [0.15, 0.2) is 0 Å². The number of piperidine rings is 1. The number of carbonyl (C=O) groups is 2. The summed E-state index contributed by atoms with van der Waals surface area (Å²) >= 11 is 0. The van der Waals surface area contributed by atoms with Crippen LogP contribution in [0.2, 0.25) is 0 Å². The monoisotopic (exact) mass is 320 g/mol. The molecule has 1 aliphatic rings. The van der Waals surface area contributed by atoms with Crippen molar-refractivity contribution in [3.05, 3.63) is 24.3 Å². The van der Waals surface area contributed by atoms with E-state index in [0.29, 0.717) is 25.4 Å². The summed E-state index contributed by atoms with van der Waals surface area (Å²) < 4.78 is 10.6. The van der Waals surface area contributed by atoms with E-state index in [-0.39, 0.29) is 6.04 Å². The first-order valence-electron chi connectivity index (χ1n) is 7.97. The molecule has 6 nitrogen and oxygen atoms in total. The average molecular weight is 320 g/mol. The Morgan fingerprint density at radius 2 is 1.91 bits per heavy atom. The number of hydrogen-bond acceptors (Lipinski definition) is 4. The van der Waals surface area contributed by atoms with Gasteiger partial charge >= 0.3 is 11.8 Å². The van der Waals surface area contributed by atoms with E-state index in [1.807, 2.05) is 6.92 Å². The summed E-state index contributed by atoms with van der Waals surface area (Å²) in [6, 6.07) is 7.32. The van der Waals surface area contributed by atoms with Crippen LogP contribution in [0.3, 0.4) is 0 Å². The molecule has 0 bridgehead atoms.